The first kappa shape index (κ1) is 12.2. The van der Waals surface area contributed by atoms with Crippen LogP contribution in [0.15, 0.2) is 12.3 Å². The van der Waals surface area contributed by atoms with Crippen LogP contribution in [0.2, 0.25) is 0 Å². The largest absolute Gasteiger partial charge is 0.377 e. The summed E-state index contributed by atoms with van der Waals surface area (Å²) in [6.45, 7) is 2.75. The molecular formula is C14H23N3O. The van der Waals surface area contributed by atoms with Gasteiger partial charge in [0.05, 0.1) is 17.8 Å². The number of nitrogens with zero attached hydrogens (tertiary/aromatic N) is 2. The van der Waals surface area contributed by atoms with Crippen LogP contribution in [0, 0.1) is 0 Å². The van der Waals surface area contributed by atoms with Crippen LogP contribution in [0.25, 0.3) is 0 Å². The lowest BCUT2D eigenvalue weighted by Gasteiger charge is -2.10. The molecule has 3 rings (SSSR count). The fraction of sp³-hybridized carbons (Fsp3) is 0.786. The third-order valence-corrected chi connectivity index (χ3v) is 4.06. The molecule has 0 radical (unpaired) electrons. The Labute approximate surface area is 109 Å². The molecule has 18 heavy (non-hydrogen) atoms. The third kappa shape index (κ3) is 2.93. The summed E-state index contributed by atoms with van der Waals surface area (Å²) in [7, 11) is 0. The maximum atomic E-state index is 5.59. The molecule has 0 bridgehead atoms. The summed E-state index contributed by atoms with van der Waals surface area (Å²) in [6, 6.07) is 2.79. The van der Waals surface area contributed by atoms with E-state index in [1.54, 1.807) is 0 Å². The minimum absolute atomic E-state index is 0.418. The molecule has 2 aliphatic rings. The Morgan fingerprint density at radius 3 is 2.94 bits per heavy atom. The van der Waals surface area contributed by atoms with Crippen molar-refractivity contribution in [2.45, 2.75) is 57.2 Å². The van der Waals surface area contributed by atoms with Gasteiger partial charge in [0.25, 0.3) is 0 Å². The highest BCUT2D eigenvalue weighted by molar-refractivity contribution is 5.00. The van der Waals surface area contributed by atoms with Crippen LogP contribution >= 0.6 is 0 Å². The number of hydrogen-bond donors (Lipinski definition) is 1. The Morgan fingerprint density at radius 1 is 1.28 bits per heavy atom. The summed E-state index contributed by atoms with van der Waals surface area (Å²) in [5, 5.41) is 8.12. The van der Waals surface area contributed by atoms with E-state index in [1.165, 1.54) is 38.5 Å². The van der Waals surface area contributed by atoms with Crippen LogP contribution in [0.5, 0.6) is 0 Å². The summed E-state index contributed by atoms with van der Waals surface area (Å²) in [5.74, 6) is 0. The Bertz CT molecular complexity index is 365. The van der Waals surface area contributed by atoms with Crippen LogP contribution in [0.3, 0.4) is 0 Å². The van der Waals surface area contributed by atoms with Crippen molar-refractivity contribution in [2.24, 2.45) is 0 Å². The summed E-state index contributed by atoms with van der Waals surface area (Å²) < 4.78 is 7.75. The summed E-state index contributed by atoms with van der Waals surface area (Å²) in [6.07, 6.45) is 10.3. The van der Waals surface area contributed by atoms with E-state index < -0.39 is 0 Å². The molecule has 1 aromatic heterocycles. The standard InChI is InChI=1S/C14H23N3O/c1-2-5-13(4-1)17-8-7-12(16-17)10-15-11-14-6-3-9-18-14/h7-8,13-15H,1-6,9-11H2. The number of ether oxygens (including phenoxy) is 1. The van der Waals surface area contributed by atoms with Crippen molar-refractivity contribution >= 4 is 0 Å². The van der Waals surface area contributed by atoms with Crippen molar-refractivity contribution in [1.29, 1.82) is 0 Å². The first-order chi connectivity index (χ1) is 8.92. The van der Waals surface area contributed by atoms with Gasteiger partial charge in [0.1, 0.15) is 0 Å². The predicted molar refractivity (Wildman–Crippen MR) is 70.4 cm³/mol. The van der Waals surface area contributed by atoms with Gasteiger partial charge < -0.3 is 10.1 Å². The summed E-state index contributed by atoms with van der Waals surface area (Å²) in [5.41, 5.74) is 1.15. The zero-order valence-corrected chi connectivity index (χ0v) is 11.0. The van der Waals surface area contributed by atoms with Gasteiger partial charge in [-0.1, -0.05) is 12.8 Å². The van der Waals surface area contributed by atoms with Gasteiger partial charge >= 0.3 is 0 Å². The Kier molecular flexibility index (Phi) is 3.96. The normalized spacial score (nSPS) is 25.0. The van der Waals surface area contributed by atoms with Gasteiger partial charge in [-0.2, -0.15) is 5.10 Å². The van der Waals surface area contributed by atoms with E-state index in [9.17, 15) is 0 Å². The zero-order valence-electron chi connectivity index (χ0n) is 11.0. The topological polar surface area (TPSA) is 39.1 Å². The summed E-state index contributed by atoms with van der Waals surface area (Å²) >= 11 is 0. The highest BCUT2D eigenvalue weighted by Gasteiger charge is 2.18. The molecule has 100 valence electrons. The number of nitrogens with one attached hydrogen (secondary N) is 1. The van der Waals surface area contributed by atoms with Crippen LogP contribution in [-0.2, 0) is 11.3 Å². The first-order valence-electron chi connectivity index (χ1n) is 7.28. The van der Waals surface area contributed by atoms with Crippen molar-refractivity contribution in [3.8, 4) is 0 Å². The maximum absolute atomic E-state index is 5.59. The molecule has 1 saturated carbocycles. The van der Waals surface area contributed by atoms with E-state index in [-0.39, 0.29) is 0 Å². The molecule has 1 unspecified atom stereocenters. The van der Waals surface area contributed by atoms with Gasteiger partial charge in [-0.15, -0.1) is 0 Å². The number of aromatic nitrogens is 2. The molecular weight excluding hydrogens is 226 g/mol. The monoisotopic (exact) mass is 249 g/mol. The Balaban J connectivity index is 1.44. The molecule has 1 aromatic rings. The van der Waals surface area contributed by atoms with E-state index in [1.807, 2.05) is 0 Å². The zero-order chi connectivity index (χ0) is 12.2. The molecule has 0 spiro atoms. The molecule has 1 atom stereocenters. The van der Waals surface area contributed by atoms with Crippen molar-refractivity contribution in [3.05, 3.63) is 18.0 Å². The van der Waals surface area contributed by atoms with Crippen molar-refractivity contribution < 1.29 is 4.74 Å². The van der Waals surface area contributed by atoms with Crippen molar-refractivity contribution in [2.75, 3.05) is 13.2 Å². The second-order valence-electron chi connectivity index (χ2n) is 5.49. The fourth-order valence-electron chi connectivity index (χ4n) is 3.01. The molecule has 2 heterocycles. The molecule has 4 nitrogen and oxygen atoms in total. The first-order valence-corrected chi connectivity index (χ1v) is 7.28. The van der Waals surface area contributed by atoms with Gasteiger partial charge in [0, 0.05) is 25.9 Å². The second-order valence-corrected chi connectivity index (χ2v) is 5.49. The lowest BCUT2D eigenvalue weighted by molar-refractivity contribution is 0.110. The van der Waals surface area contributed by atoms with Gasteiger partial charge in [-0.3, -0.25) is 4.68 Å². The van der Waals surface area contributed by atoms with E-state index in [4.69, 9.17) is 4.74 Å². The Morgan fingerprint density at radius 2 is 2.17 bits per heavy atom. The molecule has 1 aliphatic carbocycles. The van der Waals surface area contributed by atoms with Crippen molar-refractivity contribution in [3.63, 3.8) is 0 Å². The number of rotatable bonds is 5. The molecule has 1 aliphatic heterocycles. The minimum Gasteiger partial charge on any atom is -0.377 e. The number of hydrogen-bond acceptors (Lipinski definition) is 3. The summed E-state index contributed by atoms with van der Waals surface area (Å²) in [4.78, 5) is 0. The van der Waals surface area contributed by atoms with E-state index in [0.29, 0.717) is 12.1 Å². The molecule has 1 saturated heterocycles. The predicted octanol–water partition coefficient (Wildman–Crippen LogP) is 2.27. The fourth-order valence-corrected chi connectivity index (χ4v) is 3.01. The Hall–Kier alpha value is -0.870. The van der Waals surface area contributed by atoms with Gasteiger partial charge in [-0.25, -0.2) is 0 Å². The van der Waals surface area contributed by atoms with Gasteiger partial charge in [-0.05, 0) is 31.7 Å². The average Bonchev–Trinajstić information content (AvgIpc) is 3.12. The molecule has 0 aromatic carbocycles. The van der Waals surface area contributed by atoms with Crippen LogP contribution in [-0.4, -0.2) is 29.0 Å². The lowest BCUT2D eigenvalue weighted by atomic mass is 10.2. The lowest BCUT2D eigenvalue weighted by Crippen LogP contribution is -2.26. The molecule has 2 fully saturated rings. The van der Waals surface area contributed by atoms with Crippen LogP contribution in [0.1, 0.15) is 50.3 Å². The van der Waals surface area contributed by atoms with E-state index in [2.05, 4.69) is 27.4 Å². The quantitative estimate of drug-likeness (QED) is 0.870. The van der Waals surface area contributed by atoms with Crippen LogP contribution in [0.4, 0.5) is 0 Å². The van der Waals surface area contributed by atoms with Crippen LogP contribution < -0.4 is 5.32 Å². The third-order valence-electron chi connectivity index (χ3n) is 4.06. The second kappa shape index (κ2) is 5.85. The van der Waals surface area contributed by atoms with Crippen molar-refractivity contribution in [1.82, 2.24) is 15.1 Å². The van der Waals surface area contributed by atoms with E-state index >= 15 is 0 Å². The molecule has 4 heteroatoms. The minimum atomic E-state index is 0.418. The van der Waals surface area contributed by atoms with Gasteiger partial charge in [0.15, 0.2) is 0 Å². The highest BCUT2D eigenvalue weighted by atomic mass is 16.5. The smallest absolute Gasteiger partial charge is 0.0762 e. The maximum Gasteiger partial charge on any atom is 0.0762 e. The van der Waals surface area contributed by atoms with Gasteiger partial charge in [0.2, 0.25) is 0 Å². The molecule has 0 amide bonds. The van der Waals surface area contributed by atoms with E-state index in [0.717, 1.165) is 25.4 Å². The SMILES string of the molecule is c1cn(C2CCCC2)nc1CNCC1CCCO1. The average molecular weight is 249 g/mol. The molecule has 1 N–H and O–H groups in total. The highest BCUT2D eigenvalue weighted by Crippen LogP contribution is 2.28.